The maximum absolute atomic E-state index is 13.1. The molecule has 1 saturated heterocycles. The summed E-state index contributed by atoms with van der Waals surface area (Å²) in [4.78, 5) is 24.2. The summed E-state index contributed by atoms with van der Waals surface area (Å²) in [6.45, 7) is 10.7. The van der Waals surface area contributed by atoms with Crippen molar-refractivity contribution in [3.8, 4) is 5.88 Å². The molecule has 0 spiro atoms. The predicted octanol–water partition coefficient (Wildman–Crippen LogP) is 2.98. The van der Waals surface area contributed by atoms with Crippen LogP contribution < -0.4 is 31.1 Å². The van der Waals surface area contributed by atoms with E-state index in [1.54, 1.807) is 29.1 Å². The SMILES string of the molecule is CC(C)Nc1cc(CC(C)Nc2cccnc2OC(CO)C(O)O[C@@H]2CC[C@@H]2n2cccc(NC(C)C)c2=O)cc(N2CC(O)C2)n1. The third kappa shape index (κ3) is 8.72. The van der Waals surface area contributed by atoms with Gasteiger partial charge in [0.25, 0.3) is 5.56 Å². The molecule has 13 heteroatoms. The smallest absolute Gasteiger partial charge is 0.274 e. The van der Waals surface area contributed by atoms with Gasteiger partial charge in [-0.05, 0) is 95.8 Å². The molecule has 2 fully saturated rings. The average molecular weight is 652 g/mol. The monoisotopic (exact) mass is 651 g/mol. The van der Waals surface area contributed by atoms with Gasteiger partial charge in [0.15, 0.2) is 12.4 Å². The molecule has 0 bridgehead atoms. The Kier molecular flexibility index (Phi) is 11.2. The second-order valence-corrected chi connectivity index (χ2v) is 13.2. The van der Waals surface area contributed by atoms with E-state index >= 15 is 0 Å². The number of aliphatic hydroxyl groups excluding tert-OH is 3. The van der Waals surface area contributed by atoms with E-state index in [2.05, 4.69) is 39.7 Å². The van der Waals surface area contributed by atoms with Crippen molar-refractivity contribution in [3.63, 3.8) is 0 Å². The highest BCUT2D eigenvalue weighted by molar-refractivity contribution is 5.55. The number of nitrogens with zero attached hydrogens (tertiary/aromatic N) is 4. The van der Waals surface area contributed by atoms with Crippen molar-refractivity contribution in [1.29, 1.82) is 0 Å². The van der Waals surface area contributed by atoms with Crippen LogP contribution >= 0.6 is 0 Å². The normalized spacial score (nSPS) is 19.9. The van der Waals surface area contributed by atoms with Gasteiger partial charge in [-0.25, -0.2) is 9.97 Å². The molecule has 0 radical (unpaired) electrons. The summed E-state index contributed by atoms with van der Waals surface area (Å²) < 4.78 is 13.6. The van der Waals surface area contributed by atoms with Crippen molar-refractivity contribution in [1.82, 2.24) is 14.5 Å². The third-order valence-corrected chi connectivity index (χ3v) is 8.24. The maximum atomic E-state index is 13.1. The highest BCUT2D eigenvalue weighted by Crippen LogP contribution is 2.35. The van der Waals surface area contributed by atoms with E-state index in [1.165, 1.54) is 0 Å². The molecule has 1 aliphatic carbocycles. The Morgan fingerprint density at radius 1 is 1.00 bits per heavy atom. The zero-order valence-corrected chi connectivity index (χ0v) is 27.8. The molecule has 2 aliphatic rings. The van der Waals surface area contributed by atoms with Crippen LogP contribution in [0.1, 0.15) is 59.1 Å². The highest BCUT2D eigenvalue weighted by Gasteiger charge is 2.38. The van der Waals surface area contributed by atoms with E-state index in [9.17, 15) is 20.1 Å². The topological polar surface area (TPSA) is 166 Å². The van der Waals surface area contributed by atoms with E-state index in [0.29, 0.717) is 37.3 Å². The molecule has 6 N–H and O–H groups in total. The van der Waals surface area contributed by atoms with Gasteiger partial charge in [-0.3, -0.25) is 4.79 Å². The van der Waals surface area contributed by atoms with Gasteiger partial charge in [0.1, 0.15) is 17.3 Å². The molecule has 0 aromatic carbocycles. The number of nitrogens with one attached hydrogen (secondary N) is 3. The fourth-order valence-electron chi connectivity index (χ4n) is 5.84. The molecule has 5 rings (SSSR count). The molecule has 5 atom stereocenters. The summed E-state index contributed by atoms with van der Waals surface area (Å²) in [7, 11) is 0. The van der Waals surface area contributed by atoms with Gasteiger partial charge in [0, 0.05) is 43.6 Å². The van der Waals surface area contributed by atoms with Crippen molar-refractivity contribution in [2.24, 2.45) is 0 Å². The fourth-order valence-corrected chi connectivity index (χ4v) is 5.84. The minimum atomic E-state index is -1.45. The van der Waals surface area contributed by atoms with Crippen LogP contribution in [0.15, 0.2) is 53.6 Å². The zero-order chi connectivity index (χ0) is 33.7. The van der Waals surface area contributed by atoms with Crippen LogP contribution in [0.2, 0.25) is 0 Å². The molecule has 256 valence electrons. The highest BCUT2D eigenvalue weighted by atomic mass is 16.6. The summed E-state index contributed by atoms with van der Waals surface area (Å²) in [6, 6.07) is 11.3. The van der Waals surface area contributed by atoms with E-state index in [-0.39, 0.29) is 41.7 Å². The minimum Gasteiger partial charge on any atom is -0.465 e. The van der Waals surface area contributed by atoms with Crippen LogP contribution in [0.25, 0.3) is 0 Å². The van der Waals surface area contributed by atoms with Crippen LogP contribution in [0.3, 0.4) is 0 Å². The van der Waals surface area contributed by atoms with E-state index in [0.717, 1.165) is 23.6 Å². The Hall–Kier alpha value is -3.91. The molecule has 0 amide bonds. The zero-order valence-electron chi connectivity index (χ0n) is 27.8. The first kappa shape index (κ1) is 34.4. The first-order valence-corrected chi connectivity index (χ1v) is 16.5. The van der Waals surface area contributed by atoms with Gasteiger partial charge < -0.3 is 50.2 Å². The summed E-state index contributed by atoms with van der Waals surface area (Å²) >= 11 is 0. The van der Waals surface area contributed by atoms with Crippen molar-refractivity contribution in [3.05, 3.63) is 64.7 Å². The molecule has 3 aromatic rings. The molecule has 47 heavy (non-hydrogen) atoms. The Labute approximate surface area is 276 Å². The lowest BCUT2D eigenvalue weighted by Crippen LogP contribution is -2.51. The molecular formula is C34H49N7O6. The molecule has 13 nitrogen and oxygen atoms in total. The number of anilines is 4. The lowest BCUT2D eigenvalue weighted by Gasteiger charge is -2.39. The van der Waals surface area contributed by atoms with Crippen molar-refractivity contribution in [2.45, 2.75) is 103 Å². The summed E-state index contributed by atoms with van der Waals surface area (Å²) in [5.41, 5.74) is 2.05. The van der Waals surface area contributed by atoms with E-state index in [4.69, 9.17) is 14.5 Å². The van der Waals surface area contributed by atoms with Crippen LogP contribution in [0.5, 0.6) is 5.88 Å². The van der Waals surface area contributed by atoms with Gasteiger partial charge in [0.2, 0.25) is 5.88 Å². The number of pyridine rings is 3. The molecule has 4 heterocycles. The molecular weight excluding hydrogens is 602 g/mol. The first-order valence-electron chi connectivity index (χ1n) is 16.5. The molecule has 3 aromatic heterocycles. The van der Waals surface area contributed by atoms with Gasteiger partial charge in [-0.15, -0.1) is 0 Å². The van der Waals surface area contributed by atoms with Crippen LogP contribution in [0.4, 0.5) is 23.0 Å². The van der Waals surface area contributed by atoms with E-state index < -0.39 is 25.1 Å². The molecule has 1 aliphatic heterocycles. The number of ether oxygens (including phenoxy) is 2. The fraction of sp³-hybridized carbons (Fsp3) is 0.559. The van der Waals surface area contributed by atoms with Gasteiger partial charge in [-0.2, -0.15) is 0 Å². The summed E-state index contributed by atoms with van der Waals surface area (Å²) in [5, 5.41) is 41.0. The lowest BCUT2D eigenvalue weighted by molar-refractivity contribution is -0.214. The van der Waals surface area contributed by atoms with Crippen molar-refractivity contribution >= 4 is 23.0 Å². The number of hydrogen-bond acceptors (Lipinski definition) is 12. The Bertz CT molecular complexity index is 1530. The number of β-amino-alcohol motifs (C(OH)–C–C–N with tert-alkyl or cyclic N) is 1. The number of aromatic nitrogens is 3. The third-order valence-electron chi connectivity index (χ3n) is 8.24. The Morgan fingerprint density at radius 2 is 1.74 bits per heavy atom. The van der Waals surface area contributed by atoms with Gasteiger partial charge in [-0.1, -0.05) is 0 Å². The van der Waals surface area contributed by atoms with Gasteiger partial charge >= 0.3 is 0 Å². The number of hydrogen-bond donors (Lipinski definition) is 6. The molecule has 3 unspecified atom stereocenters. The lowest BCUT2D eigenvalue weighted by atomic mass is 9.88. The predicted molar refractivity (Wildman–Crippen MR) is 182 cm³/mol. The second-order valence-electron chi connectivity index (χ2n) is 13.2. The Morgan fingerprint density at radius 3 is 2.40 bits per heavy atom. The summed E-state index contributed by atoms with van der Waals surface area (Å²) in [6.07, 6.45) is 2.06. The quantitative estimate of drug-likeness (QED) is 0.126. The molecule has 1 saturated carbocycles. The van der Waals surface area contributed by atoms with Crippen LogP contribution in [-0.2, 0) is 11.2 Å². The standard InChI is InChI=1S/C34H49N7O6/c1-20(2)36-26-9-7-13-41(33(26)44)27-10-11-28(27)47-34(45)29(19-42)46-32-25(8-6-12-35-32)38-22(5)14-23-15-30(37-21(3)4)39-31(16-23)40-17-24(43)18-40/h6-9,12-13,15-16,20-22,24,27-29,34,36,38,42-43,45H,10-11,14,17-19H2,1-5H3,(H,37,39)/t22?,27-,28+,29?,34?/m0/s1. The number of aliphatic hydroxyl groups is 3. The minimum absolute atomic E-state index is 0.0468. The first-order chi connectivity index (χ1) is 22.5. The van der Waals surface area contributed by atoms with Crippen molar-refractivity contribution in [2.75, 3.05) is 40.5 Å². The number of rotatable bonds is 16. The maximum Gasteiger partial charge on any atom is 0.274 e. The average Bonchev–Trinajstić information content (AvgIpc) is 2.98. The van der Waals surface area contributed by atoms with Crippen LogP contribution in [0, 0.1) is 0 Å². The van der Waals surface area contributed by atoms with Crippen molar-refractivity contribution < 1.29 is 24.8 Å². The largest absolute Gasteiger partial charge is 0.465 e. The Balaban J connectivity index is 1.22. The van der Waals surface area contributed by atoms with Crippen LogP contribution in [-0.4, -0.2) is 92.3 Å². The van der Waals surface area contributed by atoms with E-state index in [1.807, 2.05) is 45.0 Å². The second kappa shape index (κ2) is 15.3. The summed E-state index contributed by atoms with van der Waals surface area (Å²) in [5.74, 6) is 1.83. The van der Waals surface area contributed by atoms with Gasteiger partial charge in [0.05, 0.1) is 30.5 Å².